The van der Waals surface area contributed by atoms with Crippen LogP contribution in [0, 0.1) is 5.82 Å². The summed E-state index contributed by atoms with van der Waals surface area (Å²) < 4.78 is 24.3. The first-order chi connectivity index (χ1) is 13.6. The molecule has 1 aliphatic rings. The maximum atomic E-state index is 13.4. The monoisotopic (exact) mass is 400 g/mol. The van der Waals surface area contributed by atoms with E-state index in [1.807, 2.05) is 6.07 Å². The van der Waals surface area contributed by atoms with Crippen molar-refractivity contribution < 1.29 is 18.3 Å². The molecule has 0 saturated carbocycles. The van der Waals surface area contributed by atoms with Gasteiger partial charge < -0.3 is 19.4 Å². The average Bonchev–Trinajstić information content (AvgIpc) is 3.19. The molecule has 1 aliphatic heterocycles. The summed E-state index contributed by atoms with van der Waals surface area (Å²) in [5.74, 6) is -0.217. The smallest absolute Gasteiger partial charge is 0.291 e. The second-order valence-corrected chi connectivity index (χ2v) is 6.80. The van der Waals surface area contributed by atoms with Gasteiger partial charge in [-0.2, -0.15) is 0 Å². The number of nitrogens with one attached hydrogen (secondary N) is 1. The van der Waals surface area contributed by atoms with Crippen LogP contribution in [0.1, 0.15) is 10.6 Å². The Bertz CT molecular complexity index is 999. The summed E-state index contributed by atoms with van der Waals surface area (Å²) >= 11 is 6.40. The van der Waals surface area contributed by atoms with E-state index in [2.05, 4.69) is 10.2 Å². The first kappa shape index (κ1) is 18.5. The molecule has 0 atom stereocenters. The quantitative estimate of drug-likeness (QED) is 0.681. The second-order valence-electron chi connectivity index (χ2n) is 6.39. The average molecular weight is 401 g/mol. The molecule has 2 heterocycles. The highest BCUT2D eigenvalue weighted by Gasteiger charge is 2.16. The lowest BCUT2D eigenvalue weighted by Crippen LogP contribution is -2.36. The Labute approximate surface area is 166 Å². The molecule has 1 N–H and O–H groups in total. The van der Waals surface area contributed by atoms with Gasteiger partial charge in [0, 0.05) is 24.3 Å². The molecule has 2 aromatic carbocycles. The Morgan fingerprint density at radius 2 is 1.89 bits per heavy atom. The van der Waals surface area contributed by atoms with E-state index < -0.39 is 5.91 Å². The highest BCUT2D eigenvalue weighted by molar-refractivity contribution is 6.33. The van der Waals surface area contributed by atoms with Gasteiger partial charge in [-0.15, -0.1) is 0 Å². The Kier molecular flexibility index (Phi) is 5.32. The van der Waals surface area contributed by atoms with E-state index in [4.69, 9.17) is 20.8 Å². The first-order valence-electron chi connectivity index (χ1n) is 8.89. The lowest BCUT2D eigenvalue weighted by atomic mass is 10.2. The minimum Gasteiger partial charge on any atom is -0.451 e. The van der Waals surface area contributed by atoms with Crippen molar-refractivity contribution in [1.82, 2.24) is 0 Å². The molecule has 3 aromatic rings. The fourth-order valence-corrected chi connectivity index (χ4v) is 3.39. The molecule has 1 fully saturated rings. The van der Waals surface area contributed by atoms with Crippen molar-refractivity contribution in [2.24, 2.45) is 0 Å². The van der Waals surface area contributed by atoms with Gasteiger partial charge in [-0.3, -0.25) is 4.79 Å². The van der Waals surface area contributed by atoms with Crippen LogP contribution in [0.25, 0.3) is 11.3 Å². The van der Waals surface area contributed by atoms with Gasteiger partial charge in [0.05, 0.1) is 23.9 Å². The molecular weight excluding hydrogens is 383 g/mol. The highest BCUT2D eigenvalue weighted by atomic mass is 35.5. The number of anilines is 2. The summed E-state index contributed by atoms with van der Waals surface area (Å²) in [6.45, 7) is 2.89. The van der Waals surface area contributed by atoms with Crippen molar-refractivity contribution in [2.75, 3.05) is 36.5 Å². The van der Waals surface area contributed by atoms with Crippen molar-refractivity contribution in [1.29, 1.82) is 0 Å². The minimum absolute atomic E-state index is 0.132. The maximum Gasteiger partial charge on any atom is 0.291 e. The topological polar surface area (TPSA) is 54.7 Å². The number of ether oxygens (including phenoxy) is 1. The number of nitrogens with zero attached hydrogens (tertiary/aromatic N) is 1. The molecule has 5 nitrogen and oxygen atoms in total. The van der Waals surface area contributed by atoms with Gasteiger partial charge in [0.15, 0.2) is 5.76 Å². The van der Waals surface area contributed by atoms with Gasteiger partial charge in [0.25, 0.3) is 5.91 Å². The number of morpholine rings is 1. The Morgan fingerprint density at radius 1 is 1.07 bits per heavy atom. The van der Waals surface area contributed by atoms with Crippen LogP contribution in [-0.2, 0) is 4.74 Å². The molecule has 144 valence electrons. The summed E-state index contributed by atoms with van der Waals surface area (Å²) in [6, 6.07) is 14.6. The highest BCUT2D eigenvalue weighted by Crippen LogP contribution is 2.30. The summed E-state index contributed by atoms with van der Waals surface area (Å²) in [6.07, 6.45) is 0. The number of hydrogen-bond acceptors (Lipinski definition) is 4. The number of rotatable bonds is 4. The van der Waals surface area contributed by atoms with Crippen LogP contribution >= 0.6 is 11.6 Å². The third-order valence-corrected chi connectivity index (χ3v) is 4.80. The largest absolute Gasteiger partial charge is 0.451 e. The number of halogens is 2. The molecule has 1 aromatic heterocycles. The molecular formula is C21H18ClFN2O3. The summed E-state index contributed by atoms with van der Waals surface area (Å²) in [5.41, 5.74) is 2.04. The molecule has 0 radical (unpaired) electrons. The van der Waals surface area contributed by atoms with Crippen LogP contribution < -0.4 is 10.2 Å². The SMILES string of the molecule is O=C(Nc1ccc(N2CCOCC2)c(Cl)c1)c1ccc(-c2cccc(F)c2)o1. The summed E-state index contributed by atoms with van der Waals surface area (Å²) in [4.78, 5) is 14.6. The third-order valence-electron chi connectivity index (χ3n) is 4.50. The number of carbonyl (C=O) groups is 1. The lowest BCUT2D eigenvalue weighted by molar-refractivity contribution is 0.0997. The molecule has 1 amide bonds. The summed E-state index contributed by atoms with van der Waals surface area (Å²) in [7, 11) is 0. The van der Waals surface area contributed by atoms with Gasteiger partial charge in [-0.1, -0.05) is 23.7 Å². The van der Waals surface area contributed by atoms with E-state index in [1.165, 1.54) is 12.1 Å². The molecule has 0 unspecified atom stereocenters. The Balaban J connectivity index is 1.47. The fraction of sp³-hybridized carbons (Fsp3) is 0.190. The van der Waals surface area contributed by atoms with Crippen molar-refractivity contribution >= 4 is 28.9 Å². The van der Waals surface area contributed by atoms with Crippen LogP contribution in [0.5, 0.6) is 0 Å². The standard InChI is InChI=1S/C21H18ClFN2O3/c22-17-13-16(4-5-18(17)25-8-10-27-11-9-25)24-21(26)20-7-6-19(28-20)14-2-1-3-15(23)12-14/h1-7,12-13H,8-11H2,(H,24,26). The van der Waals surface area contributed by atoms with Crippen molar-refractivity contribution in [3.63, 3.8) is 0 Å². The normalized spacial score (nSPS) is 14.1. The zero-order chi connectivity index (χ0) is 19.5. The van der Waals surface area contributed by atoms with Crippen LogP contribution in [-0.4, -0.2) is 32.2 Å². The van der Waals surface area contributed by atoms with Crippen LogP contribution in [0.2, 0.25) is 5.02 Å². The van der Waals surface area contributed by atoms with E-state index >= 15 is 0 Å². The number of furan rings is 1. The number of carbonyl (C=O) groups excluding carboxylic acids is 1. The van der Waals surface area contributed by atoms with Gasteiger partial charge in [-0.05, 0) is 42.5 Å². The zero-order valence-corrected chi connectivity index (χ0v) is 15.7. The van der Waals surface area contributed by atoms with Gasteiger partial charge in [-0.25, -0.2) is 4.39 Å². The van der Waals surface area contributed by atoms with Crippen LogP contribution in [0.15, 0.2) is 59.0 Å². The van der Waals surface area contributed by atoms with Crippen LogP contribution in [0.4, 0.5) is 15.8 Å². The van der Waals surface area contributed by atoms with E-state index in [-0.39, 0.29) is 11.6 Å². The van der Waals surface area contributed by atoms with E-state index in [0.29, 0.717) is 35.2 Å². The molecule has 4 rings (SSSR count). The third kappa shape index (κ3) is 4.03. The Hall–Kier alpha value is -2.83. The Morgan fingerprint density at radius 3 is 2.64 bits per heavy atom. The van der Waals surface area contributed by atoms with E-state index in [9.17, 15) is 9.18 Å². The van der Waals surface area contributed by atoms with E-state index in [0.717, 1.165) is 18.8 Å². The lowest BCUT2D eigenvalue weighted by Gasteiger charge is -2.29. The predicted octanol–water partition coefficient (Wildman–Crippen LogP) is 4.83. The number of benzene rings is 2. The number of amides is 1. The van der Waals surface area contributed by atoms with Crippen molar-refractivity contribution in [2.45, 2.75) is 0 Å². The molecule has 1 saturated heterocycles. The molecule has 28 heavy (non-hydrogen) atoms. The second kappa shape index (κ2) is 8.04. The van der Waals surface area contributed by atoms with Gasteiger partial charge >= 0.3 is 0 Å². The van der Waals surface area contributed by atoms with Gasteiger partial charge in [0.2, 0.25) is 0 Å². The zero-order valence-electron chi connectivity index (χ0n) is 15.0. The fourth-order valence-electron chi connectivity index (χ4n) is 3.09. The molecule has 0 spiro atoms. The summed E-state index contributed by atoms with van der Waals surface area (Å²) in [5, 5.41) is 3.33. The maximum absolute atomic E-state index is 13.4. The molecule has 0 bridgehead atoms. The van der Waals surface area contributed by atoms with Crippen LogP contribution in [0.3, 0.4) is 0 Å². The van der Waals surface area contributed by atoms with E-state index in [1.54, 1.807) is 36.4 Å². The minimum atomic E-state index is -0.405. The molecule has 7 heteroatoms. The van der Waals surface area contributed by atoms with Crippen molar-refractivity contribution in [3.05, 3.63) is 71.2 Å². The predicted molar refractivity (Wildman–Crippen MR) is 107 cm³/mol. The first-order valence-corrected chi connectivity index (χ1v) is 9.27. The molecule has 0 aliphatic carbocycles. The van der Waals surface area contributed by atoms with Gasteiger partial charge in [0.1, 0.15) is 11.6 Å². The number of hydrogen-bond donors (Lipinski definition) is 1. The van der Waals surface area contributed by atoms with Crippen molar-refractivity contribution in [3.8, 4) is 11.3 Å².